The van der Waals surface area contributed by atoms with E-state index in [0.29, 0.717) is 29.4 Å². The molecule has 2 aromatic carbocycles. The van der Waals surface area contributed by atoms with Crippen LogP contribution in [-0.2, 0) is 6.54 Å². The molecule has 0 aliphatic heterocycles. The molecular formula is C17H20ClNO4. The molecule has 0 aromatic heterocycles. The number of amides is 1. The molecule has 0 radical (unpaired) electrons. The van der Waals surface area contributed by atoms with Crippen molar-refractivity contribution in [2.45, 2.75) is 6.54 Å². The van der Waals surface area contributed by atoms with E-state index in [4.69, 9.17) is 14.2 Å². The van der Waals surface area contributed by atoms with Gasteiger partial charge in [-0.2, -0.15) is 0 Å². The maximum Gasteiger partial charge on any atom is 0.251 e. The molecule has 0 bridgehead atoms. The first-order valence-electron chi connectivity index (χ1n) is 6.81. The van der Waals surface area contributed by atoms with Gasteiger partial charge in [0.1, 0.15) is 0 Å². The van der Waals surface area contributed by atoms with Gasteiger partial charge in [-0.25, -0.2) is 0 Å². The average Bonchev–Trinajstić information content (AvgIpc) is 2.59. The lowest BCUT2D eigenvalue weighted by Crippen LogP contribution is -2.22. The fourth-order valence-electron chi connectivity index (χ4n) is 2.09. The molecule has 0 saturated carbocycles. The van der Waals surface area contributed by atoms with Gasteiger partial charge < -0.3 is 19.5 Å². The van der Waals surface area contributed by atoms with Gasteiger partial charge >= 0.3 is 0 Å². The molecule has 0 unspecified atom stereocenters. The number of carbonyl (C=O) groups is 1. The third-order valence-corrected chi connectivity index (χ3v) is 3.22. The third kappa shape index (κ3) is 4.53. The van der Waals surface area contributed by atoms with Crippen LogP contribution in [0.25, 0.3) is 0 Å². The van der Waals surface area contributed by atoms with Crippen molar-refractivity contribution in [1.29, 1.82) is 0 Å². The van der Waals surface area contributed by atoms with E-state index in [9.17, 15) is 4.79 Å². The standard InChI is InChI=1S/C17H19NO4.ClH/c1-20-14-9-13(10-15(21-2)16(14)22-3)17(19)18-11-12-7-5-4-6-8-12;/h4-10H,11H2,1-3H3,(H,18,19);1H. The molecular weight excluding hydrogens is 318 g/mol. The van der Waals surface area contributed by atoms with Crippen molar-refractivity contribution in [3.63, 3.8) is 0 Å². The fourth-order valence-corrected chi connectivity index (χ4v) is 2.09. The molecule has 1 N–H and O–H groups in total. The quantitative estimate of drug-likeness (QED) is 0.880. The van der Waals surface area contributed by atoms with Crippen molar-refractivity contribution in [2.24, 2.45) is 0 Å². The summed E-state index contributed by atoms with van der Waals surface area (Å²) in [5.74, 6) is 1.16. The summed E-state index contributed by atoms with van der Waals surface area (Å²) in [5, 5.41) is 2.86. The van der Waals surface area contributed by atoms with E-state index in [-0.39, 0.29) is 18.3 Å². The number of hydrogen-bond acceptors (Lipinski definition) is 4. The summed E-state index contributed by atoms with van der Waals surface area (Å²) >= 11 is 0. The number of rotatable bonds is 6. The molecule has 2 aromatic rings. The first kappa shape index (κ1) is 18.6. The van der Waals surface area contributed by atoms with Gasteiger partial charge in [-0.05, 0) is 17.7 Å². The number of nitrogens with one attached hydrogen (secondary N) is 1. The number of carbonyl (C=O) groups excluding carboxylic acids is 1. The van der Waals surface area contributed by atoms with Crippen LogP contribution < -0.4 is 19.5 Å². The summed E-state index contributed by atoms with van der Waals surface area (Å²) in [4.78, 5) is 12.3. The Hall–Kier alpha value is -2.40. The second kappa shape index (κ2) is 8.90. The minimum Gasteiger partial charge on any atom is -0.493 e. The zero-order valence-corrected chi connectivity index (χ0v) is 14.1. The van der Waals surface area contributed by atoms with Gasteiger partial charge in [0.05, 0.1) is 21.3 Å². The summed E-state index contributed by atoms with van der Waals surface area (Å²) < 4.78 is 15.7. The van der Waals surface area contributed by atoms with Gasteiger partial charge in [0.25, 0.3) is 5.91 Å². The second-order valence-electron chi connectivity index (χ2n) is 4.58. The van der Waals surface area contributed by atoms with Crippen molar-refractivity contribution >= 4 is 18.3 Å². The van der Waals surface area contributed by atoms with E-state index in [1.165, 1.54) is 21.3 Å². The lowest BCUT2D eigenvalue weighted by Gasteiger charge is -2.14. The third-order valence-electron chi connectivity index (χ3n) is 3.22. The van der Waals surface area contributed by atoms with Crippen LogP contribution in [0.5, 0.6) is 17.2 Å². The lowest BCUT2D eigenvalue weighted by molar-refractivity contribution is 0.0950. The normalized spacial score (nSPS) is 9.52. The van der Waals surface area contributed by atoms with Crippen molar-refractivity contribution < 1.29 is 19.0 Å². The maximum atomic E-state index is 12.3. The number of methoxy groups -OCH3 is 3. The molecule has 0 atom stereocenters. The summed E-state index contributed by atoms with van der Waals surface area (Å²) in [5.41, 5.74) is 1.48. The molecule has 2 rings (SSSR count). The van der Waals surface area contributed by atoms with Crippen molar-refractivity contribution in [1.82, 2.24) is 5.32 Å². The van der Waals surface area contributed by atoms with Crippen LogP contribution in [0.1, 0.15) is 15.9 Å². The Bertz CT molecular complexity index is 621. The largest absolute Gasteiger partial charge is 0.493 e. The molecule has 23 heavy (non-hydrogen) atoms. The van der Waals surface area contributed by atoms with Crippen LogP contribution >= 0.6 is 12.4 Å². The van der Waals surface area contributed by atoms with E-state index in [2.05, 4.69) is 5.32 Å². The van der Waals surface area contributed by atoms with Gasteiger partial charge in [-0.15, -0.1) is 12.4 Å². The number of ether oxygens (including phenoxy) is 3. The Morgan fingerprint density at radius 1 is 0.957 bits per heavy atom. The Morgan fingerprint density at radius 2 is 1.52 bits per heavy atom. The SMILES string of the molecule is COc1cc(C(=O)NCc2ccccc2)cc(OC)c1OC.Cl. The predicted octanol–water partition coefficient (Wildman–Crippen LogP) is 3.06. The highest BCUT2D eigenvalue weighted by Crippen LogP contribution is 2.38. The highest BCUT2D eigenvalue weighted by Gasteiger charge is 2.16. The highest BCUT2D eigenvalue weighted by molar-refractivity contribution is 5.95. The second-order valence-corrected chi connectivity index (χ2v) is 4.58. The number of hydrogen-bond donors (Lipinski definition) is 1. The van der Waals surface area contributed by atoms with Crippen LogP contribution in [0.4, 0.5) is 0 Å². The molecule has 5 nitrogen and oxygen atoms in total. The molecule has 0 saturated heterocycles. The number of benzene rings is 2. The summed E-state index contributed by atoms with van der Waals surface area (Å²) in [6.45, 7) is 0.455. The van der Waals surface area contributed by atoms with E-state index in [1.807, 2.05) is 30.3 Å². The zero-order chi connectivity index (χ0) is 15.9. The lowest BCUT2D eigenvalue weighted by atomic mass is 10.1. The number of halogens is 1. The molecule has 0 fully saturated rings. The zero-order valence-electron chi connectivity index (χ0n) is 13.3. The van der Waals surface area contributed by atoms with Gasteiger partial charge in [-0.1, -0.05) is 30.3 Å². The van der Waals surface area contributed by atoms with Crippen LogP contribution in [0, 0.1) is 0 Å². The Morgan fingerprint density at radius 3 is 2.00 bits per heavy atom. The topological polar surface area (TPSA) is 56.8 Å². The highest BCUT2D eigenvalue weighted by atomic mass is 35.5. The minimum atomic E-state index is -0.205. The van der Waals surface area contributed by atoms with Gasteiger partial charge in [0, 0.05) is 12.1 Å². The van der Waals surface area contributed by atoms with E-state index in [0.717, 1.165) is 5.56 Å². The van der Waals surface area contributed by atoms with Gasteiger partial charge in [-0.3, -0.25) is 4.79 Å². The smallest absolute Gasteiger partial charge is 0.251 e. The maximum absolute atomic E-state index is 12.3. The van der Waals surface area contributed by atoms with Gasteiger partial charge in [0.2, 0.25) is 5.75 Å². The van der Waals surface area contributed by atoms with Crippen molar-refractivity contribution in [3.05, 3.63) is 53.6 Å². The molecule has 124 valence electrons. The molecule has 0 aliphatic carbocycles. The molecule has 0 heterocycles. The Kier molecular flexibility index (Phi) is 7.22. The predicted molar refractivity (Wildman–Crippen MR) is 91.0 cm³/mol. The minimum absolute atomic E-state index is 0. The molecule has 1 amide bonds. The Labute approximate surface area is 142 Å². The van der Waals surface area contributed by atoms with Crippen LogP contribution in [0.3, 0.4) is 0 Å². The van der Waals surface area contributed by atoms with Crippen molar-refractivity contribution in [2.75, 3.05) is 21.3 Å². The summed E-state index contributed by atoms with van der Waals surface area (Å²) in [6.07, 6.45) is 0. The summed E-state index contributed by atoms with van der Waals surface area (Å²) in [6, 6.07) is 13.0. The monoisotopic (exact) mass is 337 g/mol. The van der Waals surface area contributed by atoms with E-state index < -0.39 is 0 Å². The van der Waals surface area contributed by atoms with E-state index >= 15 is 0 Å². The molecule has 6 heteroatoms. The first-order chi connectivity index (χ1) is 10.7. The van der Waals surface area contributed by atoms with Crippen LogP contribution in [-0.4, -0.2) is 27.2 Å². The van der Waals surface area contributed by atoms with Crippen LogP contribution in [0.15, 0.2) is 42.5 Å². The van der Waals surface area contributed by atoms with E-state index in [1.54, 1.807) is 12.1 Å². The first-order valence-corrected chi connectivity index (χ1v) is 6.81. The summed E-state index contributed by atoms with van der Waals surface area (Å²) in [7, 11) is 4.56. The van der Waals surface area contributed by atoms with Crippen LogP contribution in [0.2, 0.25) is 0 Å². The van der Waals surface area contributed by atoms with Gasteiger partial charge in [0.15, 0.2) is 11.5 Å². The fraction of sp³-hybridized carbons (Fsp3) is 0.235. The molecule has 0 spiro atoms. The Balaban J connectivity index is 0.00000264. The average molecular weight is 338 g/mol. The van der Waals surface area contributed by atoms with Crippen molar-refractivity contribution in [3.8, 4) is 17.2 Å². The molecule has 0 aliphatic rings.